The molecule has 0 radical (unpaired) electrons. The van der Waals surface area contributed by atoms with E-state index in [-0.39, 0.29) is 11.7 Å². The van der Waals surface area contributed by atoms with Crippen LogP contribution in [0.4, 0.5) is 5.82 Å². The van der Waals surface area contributed by atoms with Gasteiger partial charge in [0.05, 0.1) is 30.0 Å². The lowest BCUT2D eigenvalue weighted by atomic mass is 9.68. The van der Waals surface area contributed by atoms with E-state index in [1.807, 2.05) is 24.3 Å². The minimum Gasteiger partial charge on any atom is -0.497 e. The summed E-state index contributed by atoms with van der Waals surface area (Å²) < 4.78 is 30.5. The van der Waals surface area contributed by atoms with Crippen LogP contribution in [0, 0.1) is 0 Å². The summed E-state index contributed by atoms with van der Waals surface area (Å²) in [6.45, 7) is 0. The zero-order chi connectivity index (χ0) is 24.6. The molecule has 1 aromatic carbocycles. The summed E-state index contributed by atoms with van der Waals surface area (Å²) in [5.41, 5.74) is 1.22. The quantitative estimate of drug-likeness (QED) is 0.553. The first-order valence-corrected chi connectivity index (χ1v) is 13.4. The SMILES string of the molecule is COc1ccc(C2(C(=O)N3CS(=O)(=O)C[C@@H]3C(=O)Nc3ccc4[nH]ncc4n3)CCCCC2)cc1. The molecule has 3 heterocycles. The fourth-order valence-electron chi connectivity index (χ4n) is 5.18. The van der Waals surface area contributed by atoms with Gasteiger partial charge in [0.15, 0.2) is 9.84 Å². The van der Waals surface area contributed by atoms with Gasteiger partial charge in [-0.15, -0.1) is 0 Å². The minimum absolute atomic E-state index is 0.267. The lowest BCUT2D eigenvalue weighted by molar-refractivity contribution is -0.142. The Morgan fingerprint density at radius 2 is 1.86 bits per heavy atom. The first-order chi connectivity index (χ1) is 16.8. The summed E-state index contributed by atoms with van der Waals surface area (Å²) >= 11 is 0. The summed E-state index contributed by atoms with van der Waals surface area (Å²) in [6, 6.07) is 9.54. The molecule has 2 N–H and O–H groups in total. The Morgan fingerprint density at radius 3 is 2.57 bits per heavy atom. The monoisotopic (exact) mass is 497 g/mol. The van der Waals surface area contributed by atoms with Gasteiger partial charge in [0, 0.05) is 0 Å². The molecule has 11 heteroatoms. The van der Waals surface area contributed by atoms with E-state index in [0.29, 0.717) is 29.6 Å². The molecule has 3 aromatic rings. The maximum atomic E-state index is 14.1. The Morgan fingerprint density at radius 1 is 1.11 bits per heavy atom. The third kappa shape index (κ3) is 4.36. The lowest BCUT2D eigenvalue weighted by Gasteiger charge is -2.40. The number of fused-ring (bicyclic) bond motifs is 1. The van der Waals surface area contributed by atoms with Crippen LogP contribution in [0.15, 0.2) is 42.6 Å². The highest BCUT2D eigenvalue weighted by atomic mass is 32.2. The molecule has 1 aliphatic carbocycles. The van der Waals surface area contributed by atoms with Crippen molar-refractivity contribution in [3.05, 3.63) is 48.2 Å². The van der Waals surface area contributed by atoms with Gasteiger partial charge in [-0.2, -0.15) is 5.10 Å². The average molecular weight is 498 g/mol. The molecule has 1 saturated heterocycles. The zero-order valence-electron chi connectivity index (χ0n) is 19.4. The Bertz CT molecular complexity index is 1360. The number of aromatic nitrogens is 3. The Kier molecular flexibility index (Phi) is 5.96. The minimum atomic E-state index is -3.62. The van der Waals surface area contributed by atoms with Crippen molar-refractivity contribution < 1.29 is 22.7 Å². The Labute approximate surface area is 203 Å². The standard InChI is InChI=1S/C24H27N5O5S/c1-34-17-7-5-16(6-8-17)24(11-3-2-4-12-24)23(31)29-15-35(32,33)14-20(29)22(30)27-21-10-9-18-19(26-21)13-25-28-18/h5-10,13,20H,2-4,11-12,14-15H2,1H3,(H,25,28)(H,26,27,30)/t20-/m1/s1. The van der Waals surface area contributed by atoms with E-state index < -0.39 is 38.8 Å². The molecule has 0 bridgehead atoms. The Balaban J connectivity index is 1.45. The van der Waals surface area contributed by atoms with E-state index in [2.05, 4.69) is 20.5 Å². The van der Waals surface area contributed by atoms with Crippen LogP contribution in [-0.2, 0) is 24.8 Å². The number of methoxy groups -OCH3 is 1. The van der Waals surface area contributed by atoms with Crippen molar-refractivity contribution in [2.24, 2.45) is 0 Å². The van der Waals surface area contributed by atoms with Crippen molar-refractivity contribution in [1.29, 1.82) is 0 Å². The zero-order valence-corrected chi connectivity index (χ0v) is 20.2. The number of rotatable bonds is 5. The molecular weight excluding hydrogens is 470 g/mol. The molecule has 10 nitrogen and oxygen atoms in total. The second-order valence-corrected chi connectivity index (χ2v) is 11.3. The van der Waals surface area contributed by atoms with Crippen molar-refractivity contribution in [3.63, 3.8) is 0 Å². The maximum absolute atomic E-state index is 14.1. The molecule has 1 aliphatic heterocycles. The van der Waals surface area contributed by atoms with Crippen molar-refractivity contribution in [2.75, 3.05) is 24.1 Å². The van der Waals surface area contributed by atoms with Crippen molar-refractivity contribution in [2.45, 2.75) is 43.6 Å². The first-order valence-electron chi connectivity index (χ1n) is 11.6. The van der Waals surface area contributed by atoms with Crippen molar-refractivity contribution in [1.82, 2.24) is 20.1 Å². The van der Waals surface area contributed by atoms with E-state index in [0.717, 1.165) is 24.8 Å². The van der Waals surface area contributed by atoms with Gasteiger partial charge in [-0.25, -0.2) is 13.4 Å². The molecule has 2 aromatic heterocycles. The summed E-state index contributed by atoms with van der Waals surface area (Å²) in [7, 11) is -2.04. The molecule has 0 spiro atoms. The van der Waals surface area contributed by atoms with E-state index in [1.54, 1.807) is 19.2 Å². The van der Waals surface area contributed by atoms with Gasteiger partial charge in [0.2, 0.25) is 11.8 Å². The largest absolute Gasteiger partial charge is 0.497 e. The van der Waals surface area contributed by atoms with Crippen LogP contribution in [0.5, 0.6) is 5.75 Å². The molecular formula is C24H27N5O5S. The second-order valence-electron chi connectivity index (χ2n) is 9.19. The molecule has 2 fully saturated rings. The van der Waals surface area contributed by atoms with Crippen LogP contribution in [0.1, 0.15) is 37.7 Å². The number of hydrogen-bond donors (Lipinski definition) is 2. The highest BCUT2D eigenvalue weighted by molar-refractivity contribution is 7.91. The first kappa shape index (κ1) is 23.3. The third-order valence-corrected chi connectivity index (χ3v) is 8.49. The number of amides is 2. The van der Waals surface area contributed by atoms with Gasteiger partial charge in [-0.3, -0.25) is 14.7 Å². The molecule has 2 aliphatic rings. The fraction of sp³-hybridized carbons (Fsp3) is 0.417. The number of nitrogens with zero attached hydrogens (tertiary/aromatic N) is 3. The van der Waals surface area contributed by atoms with Crippen LogP contribution in [0.25, 0.3) is 11.0 Å². The van der Waals surface area contributed by atoms with Crippen LogP contribution in [0.3, 0.4) is 0 Å². The number of hydrogen-bond acceptors (Lipinski definition) is 7. The van der Waals surface area contributed by atoms with E-state index in [9.17, 15) is 18.0 Å². The van der Waals surface area contributed by atoms with Gasteiger partial charge in [0.25, 0.3) is 0 Å². The molecule has 5 rings (SSSR count). The normalized spacial score (nSPS) is 21.1. The van der Waals surface area contributed by atoms with E-state index >= 15 is 0 Å². The van der Waals surface area contributed by atoms with Gasteiger partial charge in [-0.1, -0.05) is 31.4 Å². The highest BCUT2D eigenvalue weighted by Crippen LogP contribution is 2.42. The topological polar surface area (TPSA) is 134 Å². The van der Waals surface area contributed by atoms with Gasteiger partial charge in [0.1, 0.15) is 29.0 Å². The average Bonchev–Trinajstić information content (AvgIpc) is 3.47. The predicted molar refractivity (Wildman–Crippen MR) is 130 cm³/mol. The number of pyridine rings is 1. The Hall–Kier alpha value is -3.47. The summed E-state index contributed by atoms with van der Waals surface area (Å²) in [5.74, 6) is -0.844. The van der Waals surface area contributed by atoms with Crippen LogP contribution >= 0.6 is 0 Å². The maximum Gasteiger partial charge on any atom is 0.249 e. The number of anilines is 1. The number of carbonyl (C=O) groups excluding carboxylic acids is 2. The van der Waals surface area contributed by atoms with Gasteiger partial charge >= 0.3 is 0 Å². The number of benzene rings is 1. The highest BCUT2D eigenvalue weighted by Gasteiger charge is 2.50. The smallest absolute Gasteiger partial charge is 0.249 e. The summed E-state index contributed by atoms with van der Waals surface area (Å²) in [4.78, 5) is 32.9. The van der Waals surface area contributed by atoms with Crippen molar-refractivity contribution in [3.8, 4) is 5.75 Å². The molecule has 2 amide bonds. The van der Waals surface area contributed by atoms with E-state index in [1.165, 1.54) is 11.1 Å². The molecule has 1 saturated carbocycles. The molecule has 35 heavy (non-hydrogen) atoms. The summed E-state index contributed by atoms with van der Waals surface area (Å²) in [6.07, 6.45) is 5.44. The number of ether oxygens (including phenoxy) is 1. The third-order valence-electron chi connectivity index (χ3n) is 6.99. The number of H-pyrrole nitrogens is 1. The van der Waals surface area contributed by atoms with Crippen molar-refractivity contribution >= 4 is 38.5 Å². The lowest BCUT2D eigenvalue weighted by Crippen LogP contribution is -2.53. The number of aromatic amines is 1. The second kappa shape index (κ2) is 8.95. The molecule has 1 atom stereocenters. The van der Waals surface area contributed by atoms with Crippen LogP contribution in [-0.4, -0.2) is 65.1 Å². The van der Waals surface area contributed by atoms with Crippen LogP contribution in [0.2, 0.25) is 0 Å². The fourth-order valence-corrected chi connectivity index (χ4v) is 6.82. The van der Waals surface area contributed by atoms with Crippen LogP contribution < -0.4 is 10.1 Å². The number of nitrogens with one attached hydrogen (secondary N) is 2. The van der Waals surface area contributed by atoms with Gasteiger partial charge in [-0.05, 0) is 42.7 Å². The van der Waals surface area contributed by atoms with E-state index in [4.69, 9.17) is 4.74 Å². The molecule has 184 valence electrons. The number of carbonyl (C=O) groups is 2. The van der Waals surface area contributed by atoms with Gasteiger partial charge < -0.3 is 15.0 Å². The molecule has 0 unspecified atom stereocenters. The summed E-state index contributed by atoms with van der Waals surface area (Å²) in [5, 5.41) is 9.39. The number of sulfone groups is 1. The predicted octanol–water partition coefficient (Wildman–Crippen LogP) is 2.39.